The van der Waals surface area contributed by atoms with Crippen LogP contribution in [0, 0.1) is 5.92 Å². The molecule has 0 radical (unpaired) electrons. The van der Waals surface area contributed by atoms with Crippen LogP contribution in [0.4, 0.5) is 0 Å². The summed E-state index contributed by atoms with van der Waals surface area (Å²) in [4.78, 5) is 0. The van der Waals surface area contributed by atoms with Crippen LogP contribution in [0.25, 0.3) is 0 Å². The fraction of sp³-hybridized carbons (Fsp3) is 0.600. The molecule has 0 bridgehead atoms. The lowest BCUT2D eigenvalue weighted by atomic mass is 9.86. The van der Waals surface area contributed by atoms with E-state index in [-0.39, 0.29) is 0 Å². The summed E-state index contributed by atoms with van der Waals surface area (Å²) in [5.74, 6) is 1.70. The molecular weight excluding hydrogens is 290 g/mol. The molecule has 1 aliphatic rings. The quantitative estimate of drug-likeness (QED) is 0.903. The van der Waals surface area contributed by atoms with Crippen molar-refractivity contribution in [2.45, 2.75) is 45.2 Å². The molecule has 0 aliphatic heterocycles. The summed E-state index contributed by atoms with van der Waals surface area (Å²) < 4.78 is 6.27. The summed E-state index contributed by atoms with van der Waals surface area (Å²) >= 11 is 3.53. The molecule has 1 aromatic carbocycles. The van der Waals surface area contributed by atoms with Crippen molar-refractivity contribution in [3.05, 3.63) is 28.2 Å². The van der Waals surface area contributed by atoms with Crippen molar-refractivity contribution in [1.29, 1.82) is 0 Å². The van der Waals surface area contributed by atoms with Gasteiger partial charge in [0.25, 0.3) is 0 Å². The Morgan fingerprint density at radius 1 is 1.33 bits per heavy atom. The molecule has 18 heavy (non-hydrogen) atoms. The summed E-state index contributed by atoms with van der Waals surface area (Å²) in [5, 5.41) is 3.69. The van der Waals surface area contributed by atoms with Gasteiger partial charge in [0, 0.05) is 12.6 Å². The minimum atomic E-state index is 0.680. The fourth-order valence-corrected chi connectivity index (χ4v) is 3.28. The van der Waals surface area contributed by atoms with Crippen LogP contribution in [0.3, 0.4) is 0 Å². The van der Waals surface area contributed by atoms with Crippen LogP contribution in [-0.2, 0) is 6.54 Å². The first-order valence-corrected chi connectivity index (χ1v) is 7.56. The van der Waals surface area contributed by atoms with Gasteiger partial charge in [-0.2, -0.15) is 0 Å². The van der Waals surface area contributed by atoms with Gasteiger partial charge in [0.2, 0.25) is 0 Å². The van der Waals surface area contributed by atoms with Gasteiger partial charge in [0.1, 0.15) is 5.75 Å². The third-order valence-electron chi connectivity index (χ3n) is 3.90. The lowest BCUT2D eigenvalue weighted by Crippen LogP contribution is -2.36. The van der Waals surface area contributed by atoms with E-state index < -0.39 is 0 Å². The van der Waals surface area contributed by atoms with Crippen LogP contribution in [0.2, 0.25) is 0 Å². The first kappa shape index (κ1) is 13.9. The maximum Gasteiger partial charge on any atom is 0.133 e. The topological polar surface area (TPSA) is 21.3 Å². The Kier molecular flexibility index (Phi) is 5.07. The van der Waals surface area contributed by atoms with Crippen LogP contribution in [-0.4, -0.2) is 13.2 Å². The minimum absolute atomic E-state index is 0.680. The number of methoxy groups -OCH3 is 1. The Bertz CT molecular complexity index is 394. The summed E-state index contributed by atoms with van der Waals surface area (Å²) in [6.45, 7) is 3.30. The lowest BCUT2D eigenvalue weighted by molar-refractivity contribution is 0.279. The molecule has 1 N–H and O–H groups in total. The van der Waals surface area contributed by atoms with Crippen molar-refractivity contribution in [3.63, 3.8) is 0 Å². The second kappa shape index (κ2) is 6.58. The zero-order valence-corrected chi connectivity index (χ0v) is 12.8. The number of benzene rings is 1. The number of hydrogen-bond donors (Lipinski definition) is 1. The van der Waals surface area contributed by atoms with Gasteiger partial charge in [0.15, 0.2) is 0 Å². The van der Waals surface area contributed by atoms with Gasteiger partial charge in [-0.25, -0.2) is 0 Å². The SMILES string of the molecule is COc1ccc(CNC2CCCCC2C)cc1Br. The van der Waals surface area contributed by atoms with Crippen LogP contribution < -0.4 is 10.1 Å². The van der Waals surface area contributed by atoms with E-state index in [4.69, 9.17) is 4.74 Å². The van der Waals surface area contributed by atoms with Gasteiger partial charge < -0.3 is 10.1 Å². The average Bonchev–Trinajstić information content (AvgIpc) is 2.38. The molecule has 0 spiro atoms. The molecule has 1 fully saturated rings. The van der Waals surface area contributed by atoms with Crippen LogP contribution in [0.5, 0.6) is 5.75 Å². The second-order valence-corrected chi connectivity index (χ2v) is 6.07. The van der Waals surface area contributed by atoms with E-state index in [1.165, 1.54) is 31.2 Å². The monoisotopic (exact) mass is 311 g/mol. The van der Waals surface area contributed by atoms with Gasteiger partial charge in [-0.05, 0) is 52.4 Å². The van der Waals surface area contributed by atoms with Crippen LogP contribution in [0.15, 0.2) is 22.7 Å². The third kappa shape index (κ3) is 3.48. The van der Waals surface area contributed by atoms with E-state index in [2.05, 4.69) is 40.3 Å². The highest BCUT2D eigenvalue weighted by molar-refractivity contribution is 9.10. The highest BCUT2D eigenvalue weighted by Crippen LogP contribution is 2.27. The van der Waals surface area contributed by atoms with Gasteiger partial charge >= 0.3 is 0 Å². The van der Waals surface area contributed by atoms with E-state index in [1.54, 1.807) is 7.11 Å². The van der Waals surface area contributed by atoms with Gasteiger partial charge in [0.05, 0.1) is 11.6 Å². The maximum atomic E-state index is 5.24. The molecule has 2 rings (SSSR count). The molecule has 2 unspecified atom stereocenters. The molecule has 2 nitrogen and oxygen atoms in total. The Morgan fingerprint density at radius 2 is 2.11 bits per heavy atom. The molecule has 1 saturated carbocycles. The summed E-state index contributed by atoms with van der Waals surface area (Å²) in [7, 11) is 1.70. The highest BCUT2D eigenvalue weighted by atomic mass is 79.9. The molecule has 0 aromatic heterocycles. The summed E-state index contributed by atoms with van der Waals surface area (Å²) in [5.41, 5.74) is 1.31. The number of nitrogens with one attached hydrogen (secondary N) is 1. The lowest BCUT2D eigenvalue weighted by Gasteiger charge is -2.29. The standard InChI is InChI=1S/C15H22BrNO/c1-11-5-3-4-6-14(11)17-10-12-7-8-15(18-2)13(16)9-12/h7-9,11,14,17H,3-6,10H2,1-2H3. The van der Waals surface area contributed by atoms with E-state index in [0.29, 0.717) is 6.04 Å². The third-order valence-corrected chi connectivity index (χ3v) is 4.52. The summed E-state index contributed by atoms with van der Waals surface area (Å²) in [6, 6.07) is 6.97. The Hall–Kier alpha value is -0.540. The van der Waals surface area contributed by atoms with Gasteiger partial charge in [-0.15, -0.1) is 0 Å². The van der Waals surface area contributed by atoms with Crippen molar-refractivity contribution in [2.24, 2.45) is 5.92 Å². The molecule has 0 heterocycles. The summed E-state index contributed by atoms with van der Waals surface area (Å²) in [6.07, 6.45) is 5.45. The molecule has 2 atom stereocenters. The van der Waals surface area contributed by atoms with Crippen molar-refractivity contribution in [3.8, 4) is 5.75 Å². The predicted octanol–water partition coefficient (Wildman–Crippen LogP) is 4.13. The predicted molar refractivity (Wildman–Crippen MR) is 79.0 cm³/mol. The molecule has 3 heteroatoms. The van der Waals surface area contributed by atoms with Crippen molar-refractivity contribution in [2.75, 3.05) is 7.11 Å². The highest BCUT2D eigenvalue weighted by Gasteiger charge is 2.20. The van der Waals surface area contributed by atoms with Gasteiger partial charge in [-0.3, -0.25) is 0 Å². The molecule has 100 valence electrons. The number of hydrogen-bond acceptors (Lipinski definition) is 2. The zero-order valence-electron chi connectivity index (χ0n) is 11.2. The molecule has 1 aromatic rings. The minimum Gasteiger partial charge on any atom is -0.496 e. The van der Waals surface area contributed by atoms with E-state index in [9.17, 15) is 0 Å². The smallest absolute Gasteiger partial charge is 0.133 e. The normalized spacial score (nSPS) is 23.9. The molecular formula is C15H22BrNO. The maximum absolute atomic E-state index is 5.24. The molecule has 0 amide bonds. The van der Waals surface area contributed by atoms with Crippen molar-refractivity contribution < 1.29 is 4.74 Å². The zero-order chi connectivity index (χ0) is 13.0. The largest absolute Gasteiger partial charge is 0.496 e. The number of ether oxygens (including phenoxy) is 1. The second-order valence-electron chi connectivity index (χ2n) is 5.22. The average molecular weight is 312 g/mol. The van der Waals surface area contributed by atoms with Crippen molar-refractivity contribution >= 4 is 15.9 Å². The van der Waals surface area contributed by atoms with E-state index >= 15 is 0 Å². The molecule has 1 aliphatic carbocycles. The first-order valence-electron chi connectivity index (χ1n) is 6.76. The van der Waals surface area contributed by atoms with Gasteiger partial charge in [-0.1, -0.05) is 25.8 Å². The Balaban J connectivity index is 1.91. The molecule has 0 saturated heterocycles. The van der Waals surface area contributed by atoms with E-state index in [1.807, 2.05) is 6.07 Å². The van der Waals surface area contributed by atoms with E-state index in [0.717, 1.165) is 22.7 Å². The fourth-order valence-electron chi connectivity index (χ4n) is 2.69. The van der Waals surface area contributed by atoms with Crippen molar-refractivity contribution in [1.82, 2.24) is 5.32 Å². The Morgan fingerprint density at radius 3 is 2.78 bits per heavy atom. The number of rotatable bonds is 4. The Labute approximate surface area is 118 Å². The number of halogens is 1. The van der Waals surface area contributed by atoms with Crippen LogP contribution in [0.1, 0.15) is 38.2 Å². The van der Waals surface area contributed by atoms with Crippen LogP contribution >= 0.6 is 15.9 Å². The first-order chi connectivity index (χ1) is 8.70.